The van der Waals surface area contributed by atoms with Crippen molar-refractivity contribution in [3.63, 3.8) is 0 Å². The first-order chi connectivity index (χ1) is 7.95. The Kier molecular flexibility index (Phi) is 4.80. The lowest BCUT2D eigenvalue weighted by atomic mass is 10.1. The first-order valence-electron chi connectivity index (χ1n) is 5.11. The van der Waals surface area contributed by atoms with Crippen molar-refractivity contribution in [2.24, 2.45) is 5.92 Å². The van der Waals surface area contributed by atoms with Crippen molar-refractivity contribution in [2.75, 3.05) is 0 Å². The Morgan fingerprint density at radius 2 is 2.06 bits per heavy atom. The predicted octanol–water partition coefficient (Wildman–Crippen LogP) is 3.27. The zero-order chi connectivity index (χ0) is 13.0. The van der Waals surface area contributed by atoms with Crippen molar-refractivity contribution in [3.05, 3.63) is 33.8 Å². The maximum atomic E-state index is 11.9. The molecular formula is C12H12Cl2N2O. The maximum absolute atomic E-state index is 11.9. The summed E-state index contributed by atoms with van der Waals surface area (Å²) in [6, 6.07) is 6.12. The minimum atomic E-state index is -0.544. The van der Waals surface area contributed by atoms with Gasteiger partial charge < -0.3 is 5.32 Å². The number of carbonyl (C=O) groups excluding carboxylic acids is 1. The van der Waals surface area contributed by atoms with Crippen LogP contribution in [-0.4, -0.2) is 11.9 Å². The molecule has 1 unspecified atom stereocenters. The molecule has 1 amide bonds. The Labute approximate surface area is 110 Å². The summed E-state index contributed by atoms with van der Waals surface area (Å²) in [5.74, 6) is -0.361. The number of nitrogens with zero attached hydrogens (tertiary/aromatic N) is 1. The molecular weight excluding hydrogens is 259 g/mol. The summed E-state index contributed by atoms with van der Waals surface area (Å²) in [6.45, 7) is 3.71. The molecule has 0 radical (unpaired) electrons. The number of rotatable bonds is 3. The van der Waals surface area contributed by atoms with Crippen molar-refractivity contribution in [2.45, 2.75) is 19.9 Å². The van der Waals surface area contributed by atoms with Gasteiger partial charge in [-0.25, -0.2) is 0 Å². The van der Waals surface area contributed by atoms with Crippen LogP contribution in [0.3, 0.4) is 0 Å². The standard InChI is InChI=1S/C12H12Cl2N2O/c1-7(2)11(6-15)16-12(17)9-5-8(13)3-4-10(9)14/h3-5,7,11H,1-2H3,(H,16,17). The minimum absolute atomic E-state index is 0.0295. The second-order valence-corrected chi connectivity index (χ2v) is 4.79. The lowest BCUT2D eigenvalue weighted by Gasteiger charge is -2.15. The number of carbonyl (C=O) groups is 1. The molecule has 0 saturated carbocycles. The van der Waals surface area contributed by atoms with Crippen LogP contribution in [0, 0.1) is 17.2 Å². The fourth-order valence-electron chi connectivity index (χ4n) is 1.24. The molecule has 0 spiro atoms. The van der Waals surface area contributed by atoms with E-state index >= 15 is 0 Å². The number of halogens is 2. The first kappa shape index (κ1) is 13.8. The number of amides is 1. The summed E-state index contributed by atoms with van der Waals surface area (Å²) < 4.78 is 0. The van der Waals surface area contributed by atoms with Gasteiger partial charge in [-0.05, 0) is 24.1 Å². The molecule has 1 N–H and O–H groups in total. The molecule has 0 bridgehead atoms. The highest BCUT2D eigenvalue weighted by molar-refractivity contribution is 6.35. The average Bonchev–Trinajstić information content (AvgIpc) is 2.28. The lowest BCUT2D eigenvalue weighted by molar-refractivity contribution is 0.0938. The molecule has 1 aromatic carbocycles. The molecule has 0 aliphatic heterocycles. The third-order valence-corrected chi connectivity index (χ3v) is 2.83. The van der Waals surface area contributed by atoms with E-state index in [2.05, 4.69) is 5.32 Å². The van der Waals surface area contributed by atoms with Gasteiger partial charge in [0, 0.05) is 5.02 Å². The number of hydrogen-bond donors (Lipinski definition) is 1. The van der Waals surface area contributed by atoms with Gasteiger partial charge in [-0.15, -0.1) is 0 Å². The quantitative estimate of drug-likeness (QED) is 0.917. The van der Waals surface area contributed by atoms with Gasteiger partial charge in [0.05, 0.1) is 16.7 Å². The average molecular weight is 271 g/mol. The summed E-state index contributed by atoms with van der Waals surface area (Å²) >= 11 is 11.7. The Bertz CT molecular complexity index is 466. The van der Waals surface area contributed by atoms with Gasteiger partial charge in [-0.1, -0.05) is 37.0 Å². The third kappa shape index (κ3) is 3.62. The lowest BCUT2D eigenvalue weighted by Crippen LogP contribution is -2.37. The van der Waals surface area contributed by atoms with Crippen LogP contribution < -0.4 is 5.32 Å². The van der Waals surface area contributed by atoms with E-state index in [9.17, 15) is 4.79 Å². The highest BCUT2D eigenvalue weighted by atomic mass is 35.5. The summed E-state index contributed by atoms with van der Waals surface area (Å²) in [5, 5.41) is 12.2. The van der Waals surface area contributed by atoms with Crippen LogP contribution in [0.15, 0.2) is 18.2 Å². The highest BCUT2D eigenvalue weighted by Gasteiger charge is 2.18. The van der Waals surface area contributed by atoms with Crippen molar-refractivity contribution in [1.29, 1.82) is 5.26 Å². The number of nitrogens with one attached hydrogen (secondary N) is 1. The smallest absolute Gasteiger partial charge is 0.253 e. The van der Waals surface area contributed by atoms with Gasteiger partial charge in [0.25, 0.3) is 5.91 Å². The van der Waals surface area contributed by atoms with Crippen molar-refractivity contribution < 1.29 is 4.79 Å². The molecule has 17 heavy (non-hydrogen) atoms. The van der Waals surface area contributed by atoms with Crippen LogP contribution in [0.4, 0.5) is 0 Å². The van der Waals surface area contributed by atoms with E-state index in [1.807, 2.05) is 19.9 Å². The largest absolute Gasteiger partial charge is 0.336 e. The predicted molar refractivity (Wildman–Crippen MR) is 68.2 cm³/mol. The molecule has 0 aliphatic carbocycles. The SMILES string of the molecule is CC(C)C(C#N)NC(=O)c1cc(Cl)ccc1Cl. The molecule has 0 aliphatic rings. The van der Waals surface area contributed by atoms with Crippen molar-refractivity contribution in [3.8, 4) is 6.07 Å². The Balaban J connectivity index is 2.90. The fourth-order valence-corrected chi connectivity index (χ4v) is 1.61. The van der Waals surface area contributed by atoms with Crippen LogP contribution in [0.1, 0.15) is 24.2 Å². The van der Waals surface area contributed by atoms with Crippen LogP contribution in [0.5, 0.6) is 0 Å². The molecule has 0 saturated heterocycles. The van der Waals surface area contributed by atoms with E-state index in [0.29, 0.717) is 10.0 Å². The first-order valence-corrected chi connectivity index (χ1v) is 5.87. The number of hydrogen-bond acceptors (Lipinski definition) is 2. The van der Waals surface area contributed by atoms with Gasteiger partial charge in [0.15, 0.2) is 0 Å². The van der Waals surface area contributed by atoms with Crippen molar-refractivity contribution >= 4 is 29.1 Å². The molecule has 90 valence electrons. The zero-order valence-electron chi connectivity index (χ0n) is 9.50. The molecule has 5 heteroatoms. The van der Waals surface area contributed by atoms with E-state index in [1.165, 1.54) is 6.07 Å². The molecule has 1 aromatic rings. The summed E-state index contributed by atoms with van der Waals surface area (Å²) in [5.41, 5.74) is 0.278. The molecule has 0 aromatic heterocycles. The summed E-state index contributed by atoms with van der Waals surface area (Å²) in [7, 11) is 0. The van der Waals surface area contributed by atoms with Gasteiger partial charge in [0.2, 0.25) is 0 Å². The molecule has 3 nitrogen and oxygen atoms in total. The van der Waals surface area contributed by atoms with Gasteiger partial charge in [-0.3, -0.25) is 4.79 Å². The van der Waals surface area contributed by atoms with E-state index in [0.717, 1.165) is 0 Å². The maximum Gasteiger partial charge on any atom is 0.253 e. The third-order valence-electron chi connectivity index (χ3n) is 2.27. The van der Waals surface area contributed by atoms with Gasteiger partial charge >= 0.3 is 0 Å². The second kappa shape index (κ2) is 5.90. The van der Waals surface area contributed by atoms with E-state index in [4.69, 9.17) is 28.5 Å². The van der Waals surface area contributed by atoms with Crippen LogP contribution in [0.25, 0.3) is 0 Å². The molecule has 0 fully saturated rings. The van der Waals surface area contributed by atoms with Crippen LogP contribution in [-0.2, 0) is 0 Å². The normalized spacial score (nSPS) is 12.0. The number of benzene rings is 1. The highest BCUT2D eigenvalue weighted by Crippen LogP contribution is 2.20. The van der Waals surface area contributed by atoms with Crippen molar-refractivity contribution in [1.82, 2.24) is 5.32 Å². The van der Waals surface area contributed by atoms with Crippen LogP contribution in [0.2, 0.25) is 10.0 Å². The molecule has 1 atom stereocenters. The fraction of sp³-hybridized carbons (Fsp3) is 0.333. The Hall–Kier alpha value is -1.24. The summed E-state index contributed by atoms with van der Waals surface area (Å²) in [4.78, 5) is 11.9. The monoisotopic (exact) mass is 270 g/mol. The number of nitriles is 1. The Morgan fingerprint density at radius 3 is 2.59 bits per heavy atom. The topological polar surface area (TPSA) is 52.9 Å². The minimum Gasteiger partial charge on any atom is -0.336 e. The van der Waals surface area contributed by atoms with E-state index < -0.39 is 11.9 Å². The van der Waals surface area contributed by atoms with E-state index in [1.54, 1.807) is 12.1 Å². The van der Waals surface area contributed by atoms with E-state index in [-0.39, 0.29) is 11.5 Å². The summed E-state index contributed by atoms with van der Waals surface area (Å²) in [6.07, 6.45) is 0. The van der Waals surface area contributed by atoms with Crippen LogP contribution >= 0.6 is 23.2 Å². The molecule has 1 rings (SSSR count). The van der Waals surface area contributed by atoms with Gasteiger partial charge in [0.1, 0.15) is 6.04 Å². The molecule has 0 heterocycles. The van der Waals surface area contributed by atoms with Gasteiger partial charge in [-0.2, -0.15) is 5.26 Å². The Morgan fingerprint density at radius 1 is 1.41 bits per heavy atom. The zero-order valence-corrected chi connectivity index (χ0v) is 11.0. The second-order valence-electron chi connectivity index (χ2n) is 3.95.